The molecular formula is C18H15N2S2+. The minimum Gasteiger partial charge on any atom is -0.226 e. The first-order valence-corrected chi connectivity index (χ1v) is 8.82. The molecule has 0 aliphatic carbocycles. The summed E-state index contributed by atoms with van der Waals surface area (Å²) in [4.78, 5) is 5.97. The van der Waals surface area contributed by atoms with Gasteiger partial charge in [-0.3, -0.25) is 0 Å². The molecule has 108 valence electrons. The van der Waals surface area contributed by atoms with Gasteiger partial charge in [-0.05, 0) is 30.8 Å². The number of thiazole rings is 1. The predicted octanol–water partition coefficient (Wildman–Crippen LogP) is 4.94. The molecule has 4 heteroatoms. The van der Waals surface area contributed by atoms with Crippen molar-refractivity contribution in [1.82, 2.24) is 4.98 Å². The summed E-state index contributed by atoms with van der Waals surface area (Å²) in [5.74, 6) is 0. The van der Waals surface area contributed by atoms with E-state index < -0.39 is 0 Å². The van der Waals surface area contributed by atoms with Crippen LogP contribution >= 0.6 is 23.1 Å². The number of aryl methyl sites for hydroxylation is 1. The van der Waals surface area contributed by atoms with E-state index in [0.29, 0.717) is 0 Å². The molecule has 22 heavy (non-hydrogen) atoms. The fourth-order valence-corrected chi connectivity index (χ4v) is 4.24. The second-order valence-electron chi connectivity index (χ2n) is 5.16. The SMILES string of the molecule is Cc1ccc(Sc2c(-c3ccccc3)[nH]c3scc[n+]23)cc1. The van der Waals surface area contributed by atoms with Gasteiger partial charge in [0.25, 0.3) is 0 Å². The van der Waals surface area contributed by atoms with Crippen molar-refractivity contribution in [1.29, 1.82) is 0 Å². The smallest absolute Gasteiger partial charge is 0.226 e. The highest BCUT2D eigenvalue weighted by Crippen LogP contribution is 2.34. The van der Waals surface area contributed by atoms with Crippen molar-refractivity contribution >= 4 is 28.1 Å². The Labute approximate surface area is 137 Å². The van der Waals surface area contributed by atoms with Crippen LogP contribution in [-0.2, 0) is 0 Å². The number of aromatic amines is 1. The minimum absolute atomic E-state index is 1.16. The Morgan fingerprint density at radius 3 is 2.55 bits per heavy atom. The first-order valence-electron chi connectivity index (χ1n) is 7.12. The van der Waals surface area contributed by atoms with Crippen molar-refractivity contribution in [2.24, 2.45) is 0 Å². The van der Waals surface area contributed by atoms with Gasteiger partial charge in [0.05, 0.1) is 0 Å². The molecule has 0 saturated carbocycles. The molecule has 2 aromatic carbocycles. The first-order chi connectivity index (χ1) is 10.8. The van der Waals surface area contributed by atoms with Gasteiger partial charge in [0.15, 0.2) is 5.69 Å². The normalized spacial score (nSPS) is 11.1. The summed E-state index contributed by atoms with van der Waals surface area (Å²) in [6.45, 7) is 2.12. The van der Waals surface area contributed by atoms with Crippen LogP contribution in [0.2, 0.25) is 0 Å². The summed E-state index contributed by atoms with van der Waals surface area (Å²) >= 11 is 3.52. The van der Waals surface area contributed by atoms with Crippen molar-refractivity contribution in [3.05, 3.63) is 71.7 Å². The fourth-order valence-electron chi connectivity index (χ4n) is 2.43. The number of rotatable bonds is 3. The van der Waals surface area contributed by atoms with Gasteiger partial charge in [0, 0.05) is 15.8 Å². The maximum atomic E-state index is 3.55. The lowest BCUT2D eigenvalue weighted by Crippen LogP contribution is -2.17. The number of benzene rings is 2. The van der Waals surface area contributed by atoms with Crippen LogP contribution in [0.25, 0.3) is 16.2 Å². The molecule has 1 N–H and O–H groups in total. The van der Waals surface area contributed by atoms with E-state index >= 15 is 0 Å². The molecule has 0 radical (unpaired) electrons. The molecule has 0 atom stereocenters. The lowest BCUT2D eigenvalue weighted by Gasteiger charge is -2.01. The molecule has 4 aromatic rings. The highest BCUT2D eigenvalue weighted by molar-refractivity contribution is 7.99. The quantitative estimate of drug-likeness (QED) is 0.529. The Balaban J connectivity index is 1.84. The summed E-state index contributed by atoms with van der Waals surface area (Å²) in [6, 6.07) is 19.2. The van der Waals surface area contributed by atoms with E-state index in [9.17, 15) is 0 Å². The lowest BCUT2D eigenvalue weighted by atomic mass is 10.2. The van der Waals surface area contributed by atoms with E-state index in [-0.39, 0.29) is 0 Å². The average molecular weight is 323 g/mol. The van der Waals surface area contributed by atoms with E-state index in [1.807, 2.05) is 0 Å². The van der Waals surface area contributed by atoms with E-state index in [2.05, 4.69) is 82.5 Å². The average Bonchev–Trinajstić information content (AvgIpc) is 3.13. The maximum Gasteiger partial charge on any atom is 0.344 e. The number of nitrogens with zero attached hydrogens (tertiary/aromatic N) is 1. The van der Waals surface area contributed by atoms with Crippen molar-refractivity contribution in [3.63, 3.8) is 0 Å². The van der Waals surface area contributed by atoms with Gasteiger partial charge < -0.3 is 0 Å². The zero-order valence-corrected chi connectivity index (χ0v) is 13.7. The Bertz CT molecular complexity index is 905. The molecule has 2 aromatic heterocycles. The van der Waals surface area contributed by atoms with Crippen LogP contribution in [0.3, 0.4) is 0 Å². The molecule has 4 rings (SSSR count). The second kappa shape index (κ2) is 5.63. The molecule has 2 nitrogen and oxygen atoms in total. The standard InChI is InChI=1S/C18H14N2S2/c1-13-7-9-15(10-8-13)22-17-16(14-5-3-2-4-6-14)19-18-20(17)11-12-21-18/h2-12H,1H3/p+1. The number of nitrogens with one attached hydrogen (secondary N) is 1. The van der Waals surface area contributed by atoms with Crippen molar-refractivity contribution in [3.8, 4) is 11.3 Å². The number of aromatic nitrogens is 2. The van der Waals surface area contributed by atoms with Crippen LogP contribution in [0.15, 0.2) is 76.1 Å². The number of H-pyrrole nitrogens is 1. The lowest BCUT2D eigenvalue weighted by molar-refractivity contribution is -0.547. The predicted molar refractivity (Wildman–Crippen MR) is 92.6 cm³/mol. The highest BCUT2D eigenvalue weighted by atomic mass is 32.2. The summed E-state index contributed by atoms with van der Waals surface area (Å²) in [6.07, 6.45) is 2.12. The van der Waals surface area contributed by atoms with E-state index in [4.69, 9.17) is 0 Å². The van der Waals surface area contributed by atoms with Crippen LogP contribution in [0.1, 0.15) is 5.56 Å². The van der Waals surface area contributed by atoms with Crippen LogP contribution in [0.4, 0.5) is 0 Å². The number of hydrogen-bond acceptors (Lipinski definition) is 2. The van der Waals surface area contributed by atoms with Gasteiger partial charge in [0.2, 0.25) is 5.03 Å². The second-order valence-corrected chi connectivity index (χ2v) is 7.12. The molecule has 0 aliphatic rings. The Hall–Kier alpha value is -2.04. The van der Waals surface area contributed by atoms with Crippen LogP contribution in [-0.4, -0.2) is 4.98 Å². The Morgan fingerprint density at radius 1 is 1.00 bits per heavy atom. The van der Waals surface area contributed by atoms with Crippen LogP contribution < -0.4 is 4.40 Å². The summed E-state index contributed by atoms with van der Waals surface area (Å²) in [5.41, 5.74) is 3.68. The monoisotopic (exact) mass is 323 g/mol. The number of hydrogen-bond donors (Lipinski definition) is 1. The maximum absolute atomic E-state index is 3.55. The van der Waals surface area contributed by atoms with Crippen molar-refractivity contribution < 1.29 is 4.40 Å². The number of fused-ring (bicyclic) bond motifs is 1. The molecule has 0 amide bonds. The topological polar surface area (TPSA) is 19.9 Å². The molecule has 0 bridgehead atoms. The zero-order chi connectivity index (χ0) is 14.9. The van der Waals surface area contributed by atoms with Crippen LogP contribution in [0.5, 0.6) is 0 Å². The molecule has 0 saturated heterocycles. The van der Waals surface area contributed by atoms with Gasteiger partial charge in [-0.1, -0.05) is 59.4 Å². The summed E-state index contributed by atoms with van der Waals surface area (Å²) in [7, 11) is 0. The molecule has 2 heterocycles. The van der Waals surface area contributed by atoms with Gasteiger partial charge in [-0.15, -0.1) is 0 Å². The van der Waals surface area contributed by atoms with Crippen LogP contribution in [0, 0.1) is 6.92 Å². The third-order valence-electron chi connectivity index (χ3n) is 3.57. The van der Waals surface area contributed by atoms with E-state index in [1.165, 1.54) is 26.7 Å². The van der Waals surface area contributed by atoms with Gasteiger partial charge in [-0.2, -0.15) is 4.40 Å². The Kier molecular flexibility index (Phi) is 3.48. The summed E-state index contributed by atoms with van der Waals surface area (Å²) in [5, 5.41) is 3.34. The van der Waals surface area contributed by atoms with Gasteiger partial charge >= 0.3 is 4.96 Å². The molecular weight excluding hydrogens is 308 g/mol. The van der Waals surface area contributed by atoms with Gasteiger partial charge in [-0.25, -0.2) is 4.98 Å². The van der Waals surface area contributed by atoms with Crippen molar-refractivity contribution in [2.45, 2.75) is 16.8 Å². The molecule has 0 aliphatic heterocycles. The van der Waals surface area contributed by atoms with E-state index in [1.54, 1.807) is 23.1 Å². The minimum atomic E-state index is 1.16. The molecule has 0 spiro atoms. The molecule has 0 unspecified atom stereocenters. The first kappa shape index (κ1) is 13.6. The molecule has 0 fully saturated rings. The number of imidazole rings is 1. The van der Waals surface area contributed by atoms with E-state index in [0.717, 1.165) is 4.96 Å². The zero-order valence-electron chi connectivity index (χ0n) is 12.1. The summed E-state index contributed by atoms with van der Waals surface area (Å²) < 4.78 is 2.23. The Morgan fingerprint density at radius 2 is 1.77 bits per heavy atom. The third-order valence-corrected chi connectivity index (χ3v) is 5.45. The largest absolute Gasteiger partial charge is 0.344 e. The third kappa shape index (κ3) is 2.45. The fraction of sp³-hybridized carbons (Fsp3) is 0.0556. The van der Waals surface area contributed by atoms with Gasteiger partial charge in [0.1, 0.15) is 6.20 Å². The highest BCUT2D eigenvalue weighted by Gasteiger charge is 2.22. The van der Waals surface area contributed by atoms with Crippen molar-refractivity contribution in [2.75, 3.05) is 0 Å².